The molecule has 0 saturated heterocycles. The van der Waals surface area contributed by atoms with E-state index >= 15 is 0 Å². The Bertz CT molecular complexity index is 623. The van der Waals surface area contributed by atoms with Crippen molar-refractivity contribution in [1.82, 2.24) is 5.32 Å². The molecule has 0 heterocycles. The number of nitrogens with one attached hydrogen (secondary N) is 1. The third kappa shape index (κ3) is 5.07. The average Bonchev–Trinajstić information content (AvgIpc) is 2.38. The van der Waals surface area contributed by atoms with Gasteiger partial charge in [0, 0.05) is 12.7 Å². The summed E-state index contributed by atoms with van der Waals surface area (Å²) in [7, 11) is -3.59. The molecule has 2 atom stereocenters. The van der Waals surface area contributed by atoms with E-state index in [1.54, 1.807) is 0 Å². The molecule has 0 aliphatic rings. The van der Waals surface area contributed by atoms with Gasteiger partial charge in [0.15, 0.2) is 9.84 Å². The molecule has 1 aromatic carbocycles. The number of phenols is 1. The van der Waals surface area contributed by atoms with Crippen LogP contribution in [0.4, 0.5) is 0 Å². The molecule has 0 aliphatic heterocycles. The van der Waals surface area contributed by atoms with E-state index in [2.05, 4.69) is 5.32 Å². The van der Waals surface area contributed by atoms with Crippen molar-refractivity contribution in [2.75, 3.05) is 6.26 Å². The average molecular weight is 315 g/mol. The van der Waals surface area contributed by atoms with Crippen molar-refractivity contribution in [2.24, 2.45) is 0 Å². The first-order valence-electron chi connectivity index (χ1n) is 6.11. The SMILES string of the molecule is CC(C(=O)N[C@H](Cc1ccc(O)cc1)C(=O)O)S(C)(=O)=O. The van der Waals surface area contributed by atoms with Crippen LogP contribution in [-0.2, 0) is 25.8 Å². The second-order valence-electron chi connectivity index (χ2n) is 4.74. The molecule has 1 rings (SSSR count). The summed E-state index contributed by atoms with van der Waals surface area (Å²) >= 11 is 0. The van der Waals surface area contributed by atoms with E-state index in [1.807, 2.05) is 0 Å². The van der Waals surface area contributed by atoms with Gasteiger partial charge >= 0.3 is 5.97 Å². The predicted octanol–water partition coefficient (Wildman–Crippen LogP) is -0.0628. The van der Waals surface area contributed by atoms with E-state index in [0.29, 0.717) is 5.56 Å². The second kappa shape index (κ2) is 6.57. The summed E-state index contributed by atoms with van der Waals surface area (Å²) in [6, 6.07) is 4.60. The van der Waals surface area contributed by atoms with E-state index in [4.69, 9.17) is 10.2 Å². The number of hydrogen-bond donors (Lipinski definition) is 3. The third-order valence-corrected chi connectivity index (χ3v) is 4.50. The smallest absolute Gasteiger partial charge is 0.326 e. The predicted molar refractivity (Wildman–Crippen MR) is 75.7 cm³/mol. The van der Waals surface area contributed by atoms with Gasteiger partial charge in [0.25, 0.3) is 0 Å². The number of benzene rings is 1. The highest BCUT2D eigenvalue weighted by Crippen LogP contribution is 2.11. The molecule has 0 aromatic heterocycles. The van der Waals surface area contributed by atoms with Gasteiger partial charge < -0.3 is 15.5 Å². The summed E-state index contributed by atoms with van der Waals surface area (Å²) in [5.41, 5.74) is 0.590. The van der Waals surface area contributed by atoms with Crippen molar-refractivity contribution in [1.29, 1.82) is 0 Å². The molecule has 8 heteroatoms. The first-order valence-corrected chi connectivity index (χ1v) is 8.06. The van der Waals surface area contributed by atoms with E-state index in [0.717, 1.165) is 6.26 Å². The number of carboxylic acids is 1. The van der Waals surface area contributed by atoms with E-state index < -0.39 is 33.0 Å². The van der Waals surface area contributed by atoms with Crippen LogP contribution < -0.4 is 5.32 Å². The van der Waals surface area contributed by atoms with Crippen LogP contribution in [0.15, 0.2) is 24.3 Å². The number of amides is 1. The van der Waals surface area contributed by atoms with Gasteiger partial charge in [-0.2, -0.15) is 0 Å². The maximum atomic E-state index is 11.8. The van der Waals surface area contributed by atoms with Gasteiger partial charge in [-0.05, 0) is 24.6 Å². The van der Waals surface area contributed by atoms with Crippen molar-refractivity contribution in [3.8, 4) is 5.75 Å². The molecule has 1 amide bonds. The summed E-state index contributed by atoms with van der Waals surface area (Å²) in [5.74, 6) is -2.08. The number of phenolic OH excluding ortho intramolecular Hbond substituents is 1. The maximum Gasteiger partial charge on any atom is 0.326 e. The lowest BCUT2D eigenvalue weighted by Crippen LogP contribution is -2.47. The Hall–Kier alpha value is -2.09. The van der Waals surface area contributed by atoms with Crippen molar-refractivity contribution in [3.05, 3.63) is 29.8 Å². The summed E-state index contributed by atoms with van der Waals surface area (Å²) in [4.78, 5) is 22.9. The first kappa shape index (κ1) is 17.0. The molecule has 3 N–H and O–H groups in total. The van der Waals surface area contributed by atoms with Gasteiger partial charge in [0.05, 0.1) is 0 Å². The van der Waals surface area contributed by atoms with Crippen LogP contribution in [0.3, 0.4) is 0 Å². The molecule has 0 aliphatic carbocycles. The zero-order chi connectivity index (χ0) is 16.2. The normalized spacial score (nSPS) is 14.2. The van der Waals surface area contributed by atoms with Gasteiger partial charge in [-0.25, -0.2) is 13.2 Å². The number of hydrogen-bond acceptors (Lipinski definition) is 5. The molecule has 1 aromatic rings. The Morgan fingerprint density at radius 3 is 2.19 bits per heavy atom. The van der Waals surface area contributed by atoms with Crippen LogP contribution in [-0.4, -0.2) is 48.1 Å². The summed E-state index contributed by atoms with van der Waals surface area (Å²) in [6.45, 7) is 1.20. The monoisotopic (exact) mass is 315 g/mol. The molecular formula is C13H17NO6S. The van der Waals surface area contributed by atoms with Gasteiger partial charge in [0.1, 0.15) is 17.0 Å². The van der Waals surface area contributed by atoms with E-state index in [9.17, 15) is 18.0 Å². The Labute approximate surface area is 122 Å². The Morgan fingerprint density at radius 2 is 1.76 bits per heavy atom. The van der Waals surface area contributed by atoms with E-state index in [1.165, 1.54) is 31.2 Å². The Kier molecular flexibility index (Phi) is 5.31. The third-order valence-electron chi connectivity index (χ3n) is 3.00. The first-order chi connectivity index (χ1) is 9.61. The van der Waals surface area contributed by atoms with Crippen LogP contribution in [0, 0.1) is 0 Å². The van der Waals surface area contributed by atoms with Crippen LogP contribution >= 0.6 is 0 Å². The number of rotatable bonds is 6. The number of carbonyl (C=O) groups is 2. The van der Waals surface area contributed by atoms with Gasteiger partial charge in [-0.15, -0.1) is 0 Å². The fourth-order valence-electron chi connectivity index (χ4n) is 1.55. The summed E-state index contributed by atoms with van der Waals surface area (Å²) in [6.07, 6.45) is 0.894. The van der Waals surface area contributed by atoms with Crippen LogP contribution in [0.25, 0.3) is 0 Å². The minimum atomic E-state index is -3.59. The number of aliphatic carboxylic acids is 1. The molecule has 1 unspecified atom stereocenters. The van der Waals surface area contributed by atoms with Crippen LogP contribution in [0.2, 0.25) is 0 Å². The van der Waals surface area contributed by atoms with Crippen molar-refractivity contribution >= 4 is 21.7 Å². The minimum absolute atomic E-state index is 0.0160. The van der Waals surface area contributed by atoms with Crippen molar-refractivity contribution in [2.45, 2.75) is 24.6 Å². The highest BCUT2D eigenvalue weighted by atomic mass is 32.2. The van der Waals surface area contributed by atoms with Crippen molar-refractivity contribution in [3.63, 3.8) is 0 Å². The fraction of sp³-hybridized carbons (Fsp3) is 0.385. The largest absolute Gasteiger partial charge is 0.508 e. The molecule has 0 bridgehead atoms. The van der Waals surface area contributed by atoms with Gasteiger partial charge in [0.2, 0.25) is 5.91 Å². The lowest BCUT2D eigenvalue weighted by atomic mass is 10.1. The molecule has 0 radical (unpaired) electrons. The van der Waals surface area contributed by atoms with Gasteiger partial charge in [-0.3, -0.25) is 4.79 Å². The quantitative estimate of drug-likeness (QED) is 0.676. The highest BCUT2D eigenvalue weighted by molar-refractivity contribution is 7.92. The Morgan fingerprint density at radius 1 is 1.24 bits per heavy atom. The zero-order valence-corrected chi connectivity index (χ0v) is 12.4. The number of carboxylic acid groups (broad SMARTS) is 1. The fourth-order valence-corrected chi connectivity index (χ4v) is 2.01. The molecule has 116 valence electrons. The second-order valence-corrected chi connectivity index (χ2v) is 7.11. The van der Waals surface area contributed by atoms with Crippen LogP contribution in [0.5, 0.6) is 5.75 Å². The topological polar surface area (TPSA) is 121 Å². The van der Waals surface area contributed by atoms with Crippen LogP contribution in [0.1, 0.15) is 12.5 Å². The van der Waals surface area contributed by atoms with E-state index in [-0.39, 0.29) is 12.2 Å². The minimum Gasteiger partial charge on any atom is -0.508 e. The number of sulfone groups is 1. The van der Waals surface area contributed by atoms with Gasteiger partial charge in [-0.1, -0.05) is 12.1 Å². The highest BCUT2D eigenvalue weighted by Gasteiger charge is 2.28. The molecule has 21 heavy (non-hydrogen) atoms. The summed E-state index contributed by atoms with van der Waals surface area (Å²) < 4.78 is 22.6. The molecule has 0 fully saturated rings. The molecule has 0 spiro atoms. The van der Waals surface area contributed by atoms with Crippen molar-refractivity contribution < 1.29 is 28.2 Å². The Balaban J connectivity index is 2.81. The molecule has 7 nitrogen and oxygen atoms in total. The molecule has 0 saturated carbocycles. The number of aromatic hydroxyl groups is 1. The standard InChI is InChI=1S/C13H17NO6S/c1-8(21(2,19)20)12(16)14-11(13(17)18)7-9-3-5-10(15)6-4-9/h3-6,8,11,15H,7H2,1-2H3,(H,14,16)(H,17,18)/t8?,11-/m1/s1. The lowest BCUT2D eigenvalue weighted by Gasteiger charge is -2.17. The molecular weight excluding hydrogens is 298 g/mol. The lowest BCUT2D eigenvalue weighted by molar-refractivity contribution is -0.141. The maximum absolute atomic E-state index is 11.8. The zero-order valence-electron chi connectivity index (χ0n) is 11.6. The number of carbonyl (C=O) groups excluding carboxylic acids is 1. The summed E-state index contributed by atoms with van der Waals surface area (Å²) in [5, 5.41) is 19.1.